The van der Waals surface area contributed by atoms with Crippen LogP contribution in [-0.2, 0) is 11.2 Å². The topological polar surface area (TPSA) is 114 Å². The number of imide groups is 1. The van der Waals surface area contributed by atoms with E-state index in [0.717, 1.165) is 11.1 Å². The van der Waals surface area contributed by atoms with E-state index >= 15 is 0 Å². The number of oxime groups is 1. The van der Waals surface area contributed by atoms with E-state index in [-0.39, 0.29) is 6.61 Å². The van der Waals surface area contributed by atoms with Gasteiger partial charge in [0.15, 0.2) is 6.61 Å². The number of ether oxygens (including phenoxy) is 1. The molecule has 0 aromatic heterocycles. The van der Waals surface area contributed by atoms with Crippen LogP contribution in [0.2, 0.25) is 0 Å². The first-order valence-corrected chi connectivity index (χ1v) is 5.67. The zero-order valence-corrected chi connectivity index (χ0v) is 10.0. The van der Waals surface area contributed by atoms with Crippen LogP contribution < -0.4 is 15.8 Å². The summed E-state index contributed by atoms with van der Waals surface area (Å²) in [5.41, 5.74) is 7.12. The zero-order valence-electron chi connectivity index (χ0n) is 10.0. The quantitative estimate of drug-likeness (QED) is 0.540. The minimum absolute atomic E-state index is 0.301. The summed E-state index contributed by atoms with van der Waals surface area (Å²) in [5.74, 6) is -0.0741. The van der Waals surface area contributed by atoms with E-state index in [1.807, 2.05) is 11.4 Å². The van der Waals surface area contributed by atoms with Crippen molar-refractivity contribution in [3.8, 4) is 5.75 Å². The Morgan fingerprint density at radius 3 is 2.89 bits per heavy atom. The monoisotopic (exact) mass is 263 g/mol. The Bertz CT molecular complexity index is 554. The summed E-state index contributed by atoms with van der Waals surface area (Å²) in [6, 6.07) is 4.38. The average Bonchev–Trinajstić information content (AvgIpc) is 2.79. The molecule has 1 aromatic rings. The average molecular weight is 263 g/mol. The van der Waals surface area contributed by atoms with Gasteiger partial charge in [0.2, 0.25) is 0 Å². The van der Waals surface area contributed by atoms with Crippen molar-refractivity contribution in [2.24, 2.45) is 10.9 Å². The van der Waals surface area contributed by atoms with E-state index in [9.17, 15) is 9.59 Å². The molecule has 7 heteroatoms. The number of hydrogen-bond donors (Lipinski definition) is 3. The number of nitrogens with one attached hydrogen (secondary N) is 1. The molecule has 1 aliphatic carbocycles. The maximum Gasteiger partial charge on any atom is 0.318 e. The van der Waals surface area contributed by atoms with Crippen molar-refractivity contribution in [1.82, 2.24) is 5.32 Å². The molecule has 4 N–H and O–H groups in total. The summed E-state index contributed by atoms with van der Waals surface area (Å²) in [6.07, 6.45) is 1.31. The third-order valence-corrected chi connectivity index (χ3v) is 2.80. The number of carbonyl (C=O) groups excluding carboxylic acids is 2. The normalized spacial score (nSPS) is 15.1. The van der Waals surface area contributed by atoms with Gasteiger partial charge in [-0.25, -0.2) is 4.79 Å². The number of fused-ring (bicyclic) bond motifs is 1. The van der Waals surface area contributed by atoms with Gasteiger partial charge in [0.1, 0.15) is 5.75 Å². The third-order valence-electron chi connectivity index (χ3n) is 2.80. The number of rotatable bonds is 3. The van der Waals surface area contributed by atoms with E-state index in [1.165, 1.54) is 0 Å². The Morgan fingerprint density at radius 1 is 1.42 bits per heavy atom. The van der Waals surface area contributed by atoms with Crippen molar-refractivity contribution < 1.29 is 19.5 Å². The predicted octanol–water partition coefficient (Wildman–Crippen LogP) is 0.385. The van der Waals surface area contributed by atoms with Crippen LogP contribution in [0, 0.1) is 0 Å². The number of nitrogens with two attached hydrogens (primary N) is 1. The van der Waals surface area contributed by atoms with Gasteiger partial charge in [0.05, 0.1) is 5.71 Å². The Morgan fingerprint density at radius 2 is 2.21 bits per heavy atom. The summed E-state index contributed by atoms with van der Waals surface area (Å²) in [4.78, 5) is 21.7. The minimum Gasteiger partial charge on any atom is -0.483 e. The molecule has 1 aliphatic rings. The summed E-state index contributed by atoms with van der Waals surface area (Å²) in [6.45, 7) is -0.301. The molecule has 7 nitrogen and oxygen atoms in total. The molecular weight excluding hydrogens is 250 g/mol. The maximum absolute atomic E-state index is 11.2. The van der Waals surface area contributed by atoms with Crippen LogP contribution in [0.3, 0.4) is 0 Å². The molecule has 1 aromatic carbocycles. The number of carbonyl (C=O) groups is 2. The molecule has 0 fully saturated rings. The molecule has 2 rings (SSSR count). The summed E-state index contributed by atoms with van der Waals surface area (Å²) in [7, 11) is 0. The third kappa shape index (κ3) is 2.82. The van der Waals surface area contributed by atoms with Gasteiger partial charge in [-0.1, -0.05) is 17.3 Å². The van der Waals surface area contributed by atoms with Crippen LogP contribution >= 0.6 is 0 Å². The fourth-order valence-electron chi connectivity index (χ4n) is 2.03. The minimum atomic E-state index is -0.915. The molecule has 0 bridgehead atoms. The molecule has 0 radical (unpaired) electrons. The van der Waals surface area contributed by atoms with Crippen LogP contribution in [0.15, 0.2) is 23.4 Å². The highest BCUT2D eigenvalue weighted by Gasteiger charge is 2.22. The molecule has 3 amide bonds. The van der Waals surface area contributed by atoms with Gasteiger partial charge in [-0.2, -0.15) is 0 Å². The van der Waals surface area contributed by atoms with Crippen molar-refractivity contribution in [3.63, 3.8) is 0 Å². The van der Waals surface area contributed by atoms with Gasteiger partial charge in [0.25, 0.3) is 5.91 Å². The fraction of sp³-hybridized carbons (Fsp3) is 0.250. The smallest absolute Gasteiger partial charge is 0.318 e. The lowest BCUT2D eigenvalue weighted by molar-refractivity contribution is -0.121. The summed E-state index contributed by atoms with van der Waals surface area (Å²) < 4.78 is 5.35. The van der Waals surface area contributed by atoms with Crippen molar-refractivity contribution in [2.45, 2.75) is 12.8 Å². The SMILES string of the molecule is NC(=O)NC(=O)COc1cccc2c1CCC2=NO. The molecule has 0 unspecified atom stereocenters. The molecule has 0 spiro atoms. The second-order valence-electron chi connectivity index (χ2n) is 4.03. The van der Waals surface area contributed by atoms with E-state index in [0.29, 0.717) is 24.3 Å². The van der Waals surface area contributed by atoms with Crippen LogP contribution in [-0.4, -0.2) is 29.5 Å². The fourth-order valence-corrected chi connectivity index (χ4v) is 2.03. The van der Waals surface area contributed by atoms with E-state index in [1.54, 1.807) is 12.1 Å². The highest BCUT2D eigenvalue weighted by molar-refractivity contribution is 6.04. The molecule has 0 saturated carbocycles. The van der Waals surface area contributed by atoms with Crippen molar-refractivity contribution in [1.29, 1.82) is 0 Å². The molecule has 0 atom stereocenters. The number of primary amides is 1. The van der Waals surface area contributed by atoms with Crippen LogP contribution in [0.1, 0.15) is 17.5 Å². The number of benzene rings is 1. The second kappa shape index (κ2) is 5.38. The lowest BCUT2D eigenvalue weighted by atomic mass is 10.1. The lowest BCUT2D eigenvalue weighted by Gasteiger charge is -2.09. The van der Waals surface area contributed by atoms with Crippen LogP contribution in [0.4, 0.5) is 4.79 Å². The molecule has 100 valence electrons. The van der Waals surface area contributed by atoms with Crippen molar-refractivity contribution >= 4 is 17.6 Å². The first-order valence-electron chi connectivity index (χ1n) is 5.67. The number of hydrogen-bond acceptors (Lipinski definition) is 5. The Labute approximate surface area is 109 Å². The number of amides is 3. The Balaban J connectivity index is 2.09. The van der Waals surface area contributed by atoms with Crippen LogP contribution in [0.25, 0.3) is 0 Å². The predicted molar refractivity (Wildman–Crippen MR) is 66.3 cm³/mol. The Hall–Kier alpha value is -2.57. The number of nitrogens with zero attached hydrogens (tertiary/aromatic N) is 1. The second-order valence-corrected chi connectivity index (χ2v) is 4.03. The highest BCUT2D eigenvalue weighted by atomic mass is 16.5. The van der Waals surface area contributed by atoms with Gasteiger partial charge in [-0.15, -0.1) is 0 Å². The Kier molecular flexibility index (Phi) is 3.65. The first kappa shape index (κ1) is 12.9. The van der Waals surface area contributed by atoms with Crippen molar-refractivity contribution in [2.75, 3.05) is 6.61 Å². The number of urea groups is 1. The largest absolute Gasteiger partial charge is 0.483 e. The lowest BCUT2D eigenvalue weighted by Crippen LogP contribution is -2.38. The van der Waals surface area contributed by atoms with E-state index < -0.39 is 11.9 Å². The van der Waals surface area contributed by atoms with E-state index in [2.05, 4.69) is 5.16 Å². The molecule has 0 aliphatic heterocycles. The van der Waals surface area contributed by atoms with Gasteiger partial charge in [0, 0.05) is 11.1 Å². The van der Waals surface area contributed by atoms with Gasteiger partial charge in [-0.05, 0) is 18.9 Å². The van der Waals surface area contributed by atoms with Gasteiger partial charge < -0.3 is 15.7 Å². The molecule has 19 heavy (non-hydrogen) atoms. The van der Waals surface area contributed by atoms with Crippen molar-refractivity contribution in [3.05, 3.63) is 29.3 Å². The zero-order chi connectivity index (χ0) is 13.8. The molecule has 0 saturated heterocycles. The van der Waals surface area contributed by atoms with Gasteiger partial charge in [-0.3, -0.25) is 10.1 Å². The van der Waals surface area contributed by atoms with Gasteiger partial charge >= 0.3 is 6.03 Å². The molecule has 0 heterocycles. The molecular formula is C12H13N3O4. The summed E-state index contributed by atoms with van der Waals surface area (Å²) in [5, 5.41) is 14.0. The highest BCUT2D eigenvalue weighted by Crippen LogP contribution is 2.30. The first-order chi connectivity index (χ1) is 9.11. The summed E-state index contributed by atoms with van der Waals surface area (Å²) >= 11 is 0. The van der Waals surface area contributed by atoms with Crippen LogP contribution in [0.5, 0.6) is 5.75 Å². The van der Waals surface area contributed by atoms with E-state index in [4.69, 9.17) is 15.7 Å². The standard InChI is InChI=1S/C12H13N3O4/c13-12(17)14-11(16)6-19-10-3-1-2-7-8(10)4-5-9(7)15-18/h1-3,18H,4-6H2,(H3,13,14,16,17). The maximum atomic E-state index is 11.2.